The summed E-state index contributed by atoms with van der Waals surface area (Å²) in [5.41, 5.74) is -0.540. The summed E-state index contributed by atoms with van der Waals surface area (Å²) in [7, 11) is -3.38. The maximum absolute atomic E-state index is 12.0. The Labute approximate surface area is 116 Å². The molecular weight excluding hydrogens is 264 g/mol. The van der Waals surface area contributed by atoms with Gasteiger partial charge in [0.2, 0.25) is 0 Å². The molecule has 1 heterocycles. The molecule has 110 valence electrons. The fourth-order valence-corrected chi connectivity index (χ4v) is 3.29. The summed E-state index contributed by atoms with van der Waals surface area (Å²) in [6, 6.07) is 2.25. The molecule has 0 unspecified atom stereocenters. The van der Waals surface area contributed by atoms with Crippen molar-refractivity contribution in [3.8, 4) is 6.07 Å². The van der Waals surface area contributed by atoms with Crippen molar-refractivity contribution < 1.29 is 8.42 Å². The molecule has 0 radical (unpaired) electrons. The highest BCUT2D eigenvalue weighted by molar-refractivity contribution is 7.87. The molecule has 19 heavy (non-hydrogen) atoms. The Morgan fingerprint density at radius 3 is 2.21 bits per heavy atom. The van der Waals surface area contributed by atoms with E-state index in [0.29, 0.717) is 32.7 Å². The van der Waals surface area contributed by atoms with Gasteiger partial charge in [0, 0.05) is 32.7 Å². The fraction of sp³-hybridized carbons (Fsp3) is 0.917. The van der Waals surface area contributed by atoms with Crippen LogP contribution in [0.4, 0.5) is 0 Å². The number of rotatable bonds is 5. The molecule has 1 aliphatic heterocycles. The van der Waals surface area contributed by atoms with Gasteiger partial charge in [0.05, 0.1) is 6.07 Å². The molecule has 1 N–H and O–H groups in total. The summed E-state index contributed by atoms with van der Waals surface area (Å²) in [5, 5.41) is 9.08. The number of piperazine rings is 1. The lowest BCUT2D eigenvalue weighted by Gasteiger charge is -2.39. The van der Waals surface area contributed by atoms with E-state index in [2.05, 4.69) is 10.8 Å². The molecule has 6 nitrogen and oxygen atoms in total. The van der Waals surface area contributed by atoms with Crippen LogP contribution in [0.1, 0.15) is 27.7 Å². The molecule has 0 aromatic heterocycles. The van der Waals surface area contributed by atoms with Gasteiger partial charge in [-0.05, 0) is 19.8 Å². The van der Waals surface area contributed by atoms with Crippen LogP contribution in [0.3, 0.4) is 0 Å². The van der Waals surface area contributed by atoms with E-state index in [1.54, 1.807) is 0 Å². The van der Waals surface area contributed by atoms with Crippen LogP contribution in [0, 0.1) is 17.2 Å². The summed E-state index contributed by atoms with van der Waals surface area (Å²) < 4.78 is 28.2. The van der Waals surface area contributed by atoms with E-state index in [9.17, 15) is 8.42 Å². The fourth-order valence-electron chi connectivity index (χ4n) is 1.92. The van der Waals surface area contributed by atoms with Gasteiger partial charge < -0.3 is 0 Å². The predicted octanol–water partition coefficient (Wildman–Crippen LogP) is 0.397. The van der Waals surface area contributed by atoms with E-state index in [1.807, 2.05) is 32.6 Å². The third-order valence-corrected chi connectivity index (χ3v) is 4.89. The van der Waals surface area contributed by atoms with Gasteiger partial charge in [-0.2, -0.15) is 18.0 Å². The lowest BCUT2D eigenvalue weighted by molar-refractivity contribution is 0.115. The molecule has 0 bridgehead atoms. The van der Waals surface area contributed by atoms with Crippen LogP contribution in [0.15, 0.2) is 0 Å². The molecule has 0 aromatic carbocycles. The number of nitrogens with zero attached hydrogens (tertiary/aromatic N) is 3. The second kappa shape index (κ2) is 6.18. The monoisotopic (exact) mass is 288 g/mol. The number of nitriles is 1. The lowest BCUT2D eigenvalue weighted by atomic mass is 10.0. The summed E-state index contributed by atoms with van der Waals surface area (Å²) >= 11 is 0. The first-order valence-corrected chi connectivity index (χ1v) is 8.04. The van der Waals surface area contributed by atoms with Crippen LogP contribution >= 0.6 is 0 Å². The number of hydrogen-bond acceptors (Lipinski definition) is 4. The van der Waals surface area contributed by atoms with Gasteiger partial charge in [0.1, 0.15) is 5.54 Å². The zero-order valence-electron chi connectivity index (χ0n) is 12.2. The van der Waals surface area contributed by atoms with Crippen molar-refractivity contribution in [3.63, 3.8) is 0 Å². The SMILES string of the molecule is CC(C)CNS(=O)(=O)N1CCN(C(C)(C)C#N)CC1. The molecule has 0 amide bonds. The third-order valence-electron chi connectivity index (χ3n) is 3.32. The van der Waals surface area contributed by atoms with Crippen molar-refractivity contribution in [2.75, 3.05) is 32.7 Å². The van der Waals surface area contributed by atoms with Gasteiger partial charge in [-0.1, -0.05) is 13.8 Å². The first kappa shape index (κ1) is 16.4. The zero-order chi connectivity index (χ0) is 14.7. The van der Waals surface area contributed by atoms with Crippen molar-refractivity contribution in [1.29, 1.82) is 5.26 Å². The first-order chi connectivity index (χ1) is 8.69. The highest BCUT2D eigenvalue weighted by Gasteiger charge is 2.33. The highest BCUT2D eigenvalue weighted by atomic mass is 32.2. The molecular formula is C12H24N4O2S. The molecule has 7 heteroatoms. The van der Waals surface area contributed by atoms with Gasteiger partial charge in [0.25, 0.3) is 10.2 Å². The Morgan fingerprint density at radius 1 is 1.26 bits per heavy atom. The van der Waals surface area contributed by atoms with Crippen molar-refractivity contribution in [3.05, 3.63) is 0 Å². The van der Waals surface area contributed by atoms with Crippen LogP contribution < -0.4 is 4.72 Å². The number of hydrogen-bond donors (Lipinski definition) is 1. The van der Waals surface area contributed by atoms with Crippen LogP contribution in [0.2, 0.25) is 0 Å². The van der Waals surface area contributed by atoms with Gasteiger partial charge in [-0.25, -0.2) is 4.72 Å². The molecule has 1 aliphatic rings. The van der Waals surface area contributed by atoms with Crippen LogP contribution in [0.25, 0.3) is 0 Å². The lowest BCUT2D eigenvalue weighted by Crippen LogP contribution is -2.57. The highest BCUT2D eigenvalue weighted by Crippen LogP contribution is 2.17. The third kappa shape index (κ3) is 4.42. The van der Waals surface area contributed by atoms with Crippen molar-refractivity contribution >= 4 is 10.2 Å². The molecule has 1 saturated heterocycles. The standard InChI is InChI=1S/C12H24N4O2S/c1-11(2)9-14-19(17,18)16-7-5-15(6-8-16)12(3,4)10-13/h11,14H,5-9H2,1-4H3. The topological polar surface area (TPSA) is 76.4 Å². The quantitative estimate of drug-likeness (QED) is 0.794. The Morgan fingerprint density at radius 2 is 1.79 bits per heavy atom. The van der Waals surface area contributed by atoms with Crippen molar-refractivity contribution in [2.24, 2.45) is 5.92 Å². The Hall–Kier alpha value is -0.680. The minimum atomic E-state index is -3.38. The maximum atomic E-state index is 12.0. The average molecular weight is 288 g/mol. The van der Waals surface area contributed by atoms with Crippen molar-refractivity contribution in [1.82, 2.24) is 13.9 Å². The van der Waals surface area contributed by atoms with E-state index in [-0.39, 0.29) is 5.92 Å². The van der Waals surface area contributed by atoms with E-state index >= 15 is 0 Å². The molecule has 1 rings (SSSR count). The van der Waals surface area contributed by atoms with Crippen LogP contribution in [-0.4, -0.2) is 55.9 Å². The smallest absolute Gasteiger partial charge is 0.279 e. The summed E-state index contributed by atoms with van der Waals surface area (Å²) in [6.07, 6.45) is 0. The zero-order valence-corrected chi connectivity index (χ0v) is 13.0. The second-order valence-electron chi connectivity index (χ2n) is 5.80. The molecule has 0 aromatic rings. The average Bonchev–Trinajstić information content (AvgIpc) is 2.37. The van der Waals surface area contributed by atoms with E-state index < -0.39 is 15.7 Å². The largest absolute Gasteiger partial charge is 0.283 e. The minimum Gasteiger partial charge on any atom is -0.283 e. The molecule has 1 fully saturated rings. The Kier molecular flexibility index (Phi) is 5.33. The molecule has 0 saturated carbocycles. The minimum absolute atomic E-state index is 0.286. The summed E-state index contributed by atoms with van der Waals surface area (Å²) in [6.45, 7) is 10.1. The van der Waals surface area contributed by atoms with E-state index in [0.717, 1.165) is 0 Å². The van der Waals surface area contributed by atoms with Crippen LogP contribution in [0.5, 0.6) is 0 Å². The van der Waals surface area contributed by atoms with E-state index in [4.69, 9.17) is 5.26 Å². The van der Waals surface area contributed by atoms with Crippen LogP contribution in [-0.2, 0) is 10.2 Å². The number of nitrogens with one attached hydrogen (secondary N) is 1. The second-order valence-corrected chi connectivity index (χ2v) is 7.56. The molecule has 0 spiro atoms. The maximum Gasteiger partial charge on any atom is 0.279 e. The predicted molar refractivity (Wildman–Crippen MR) is 74.6 cm³/mol. The summed E-state index contributed by atoms with van der Waals surface area (Å²) in [5.74, 6) is 0.286. The van der Waals surface area contributed by atoms with Crippen molar-refractivity contribution in [2.45, 2.75) is 33.2 Å². The van der Waals surface area contributed by atoms with Gasteiger partial charge in [-0.3, -0.25) is 4.90 Å². The first-order valence-electron chi connectivity index (χ1n) is 6.60. The van der Waals surface area contributed by atoms with E-state index in [1.165, 1.54) is 4.31 Å². The normalized spacial score (nSPS) is 19.6. The molecule has 0 atom stereocenters. The van der Waals surface area contributed by atoms with Gasteiger partial charge in [-0.15, -0.1) is 0 Å². The Balaban J connectivity index is 2.57. The van der Waals surface area contributed by atoms with Gasteiger partial charge in [0.15, 0.2) is 0 Å². The summed E-state index contributed by atoms with van der Waals surface area (Å²) in [4.78, 5) is 2.02. The Bertz CT molecular complexity index is 431. The molecule has 0 aliphatic carbocycles. The van der Waals surface area contributed by atoms with Gasteiger partial charge >= 0.3 is 0 Å².